The maximum Gasteiger partial charge on any atom is 0.363 e. The molecule has 2 aromatic carbocycles. The van der Waals surface area contributed by atoms with Gasteiger partial charge in [0.25, 0.3) is 11.5 Å². The molecule has 0 saturated carbocycles. The zero-order valence-corrected chi connectivity index (χ0v) is 14.2. The van der Waals surface area contributed by atoms with Gasteiger partial charge in [0.15, 0.2) is 0 Å². The van der Waals surface area contributed by atoms with E-state index in [1.807, 2.05) is 0 Å². The Balaban J connectivity index is 2.09. The highest BCUT2D eigenvalue weighted by Crippen LogP contribution is 2.25. The van der Waals surface area contributed by atoms with Gasteiger partial charge in [-0.05, 0) is 24.3 Å². The van der Waals surface area contributed by atoms with Crippen molar-refractivity contribution in [3.05, 3.63) is 73.9 Å². The van der Waals surface area contributed by atoms with Crippen molar-refractivity contribution in [2.24, 2.45) is 0 Å². The van der Waals surface area contributed by atoms with Gasteiger partial charge in [0, 0.05) is 12.5 Å². The van der Waals surface area contributed by atoms with E-state index >= 15 is 0 Å². The number of hydrogen-bond donors (Lipinski definition) is 2. The number of nitrogens with one attached hydrogen (secondary N) is 2. The van der Waals surface area contributed by atoms with Crippen LogP contribution in [0.3, 0.4) is 0 Å². The Morgan fingerprint density at radius 2 is 1.85 bits per heavy atom. The summed E-state index contributed by atoms with van der Waals surface area (Å²) in [7, 11) is 0. The van der Waals surface area contributed by atoms with E-state index in [4.69, 9.17) is 11.6 Å². The van der Waals surface area contributed by atoms with E-state index < -0.39 is 23.1 Å². The van der Waals surface area contributed by atoms with E-state index in [1.165, 1.54) is 12.1 Å². The van der Waals surface area contributed by atoms with Crippen molar-refractivity contribution in [1.82, 2.24) is 9.71 Å². The second-order valence-corrected chi connectivity index (χ2v) is 5.72. The number of aromatic amines is 1. The van der Waals surface area contributed by atoms with Crippen molar-refractivity contribution in [1.29, 1.82) is 0 Å². The summed E-state index contributed by atoms with van der Waals surface area (Å²) in [5.41, 5.74) is -1.05. The number of benzene rings is 2. The number of carbonyl (C=O) groups excluding carboxylic acids is 2. The van der Waals surface area contributed by atoms with Gasteiger partial charge < -0.3 is 15.1 Å². The molecule has 0 spiro atoms. The lowest BCUT2D eigenvalue weighted by molar-refractivity contribution is -0.142. The third-order valence-corrected chi connectivity index (χ3v) is 3.76. The molecule has 0 atom stereocenters. The summed E-state index contributed by atoms with van der Waals surface area (Å²) in [5.74, 6) is -1.25. The number of amides is 1. The number of anilines is 1. The molecular weight excluding hydrogens is 362 g/mol. The molecule has 0 unspecified atom stereocenters. The van der Waals surface area contributed by atoms with E-state index in [1.54, 1.807) is 30.3 Å². The van der Waals surface area contributed by atoms with E-state index in [0.717, 1.165) is 6.92 Å². The van der Waals surface area contributed by atoms with Crippen LogP contribution in [0.15, 0.2) is 52.1 Å². The fourth-order valence-corrected chi connectivity index (χ4v) is 2.52. The van der Waals surface area contributed by atoms with Crippen LogP contribution in [0, 0.1) is 0 Å². The first-order valence-corrected chi connectivity index (χ1v) is 7.78. The lowest BCUT2D eigenvalue weighted by Crippen LogP contribution is -2.41. The second kappa shape index (κ2) is 6.85. The first-order valence-electron chi connectivity index (χ1n) is 7.40. The van der Waals surface area contributed by atoms with Crippen LogP contribution < -0.4 is 21.4 Å². The third kappa shape index (κ3) is 3.35. The van der Waals surface area contributed by atoms with E-state index in [-0.39, 0.29) is 21.6 Å². The quantitative estimate of drug-likeness (QED) is 0.724. The Morgan fingerprint density at radius 3 is 2.50 bits per heavy atom. The van der Waals surface area contributed by atoms with Crippen LogP contribution in [0.25, 0.3) is 10.9 Å². The van der Waals surface area contributed by atoms with Crippen LogP contribution in [0.5, 0.6) is 0 Å². The van der Waals surface area contributed by atoms with Gasteiger partial charge in [-0.3, -0.25) is 9.59 Å². The molecule has 2 N–H and O–H groups in total. The van der Waals surface area contributed by atoms with Crippen molar-refractivity contribution < 1.29 is 14.4 Å². The fourth-order valence-electron chi connectivity index (χ4n) is 2.31. The number of halogens is 1. The van der Waals surface area contributed by atoms with Crippen LogP contribution in [0.4, 0.5) is 5.69 Å². The number of hydrogen-bond acceptors (Lipinski definition) is 5. The number of aromatic nitrogens is 2. The molecule has 0 aliphatic heterocycles. The Morgan fingerprint density at radius 1 is 1.15 bits per heavy atom. The van der Waals surface area contributed by atoms with Crippen molar-refractivity contribution in [3.8, 4) is 0 Å². The lowest BCUT2D eigenvalue weighted by Gasteiger charge is -2.10. The van der Waals surface area contributed by atoms with Crippen LogP contribution in [0.1, 0.15) is 17.3 Å². The molecule has 0 bridgehead atoms. The molecule has 0 aliphatic rings. The molecule has 1 heterocycles. The summed E-state index contributed by atoms with van der Waals surface area (Å²) in [4.78, 5) is 54.6. The van der Waals surface area contributed by atoms with E-state index in [9.17, 15) is 19.2 Å². The predicted octanol–water partition coefficient (Wildman–Crippen LogP) is 1.57. The molecular formula is C17H12ClN3O5. The highest BCUT2D eigenvalue weighted by Gasteiger charge is 2.15. The van der Waals surface area contributed by atoms with E-state index in [0.29, 0.717) is 10.3 Å². The molecule has 1 aromatic heterocycles. The smallest absolute Gasteiger partial charge is 0.329 e. The first kappa shape index (κ1) is 17.4. The number of H-pyrrole nitrogens is 1. The zero-order chi connectivity index (χ0) is 18.8. The topological polar surface area (TPSA) is 110 Å². The average Bonchev–Trinajstić information content (AvgIpc) is 2.60. The molecule has 26 heavy (non-hydrogen) atoms. The molecule has 0 radical (unpaired) electrons. The monoisotopic (exact) mass is 373 g/mol. The normalized spacial score (nSPS) is 10.5. The summed E-state index contributed by atoms with van der Waals surface area (Å²) >= 11 is 6.13. The number of fused-ring (bicyclic) bond motifs is 1. The molecule has 8 nitrogen and oxygen atoms in total. The van der Waals surface area contributed by atoms with Gasteiger partial charge in [0.05, 0.1) is 21.6 Å². The molecule has 3 aromatic rings. The Hall–Kier alpha value is -3.39. The number of rotatable bonds is 3. The van der Waals surface area contributed by atoms with Gasteiger partial charge in [-0.1, -0.05) is 34.5 Å². The maximum atomic E-state index is 12.4. The van der Waals surface area contributed by atoms with Crippen LogP contribution in [-0.2, 0) is 4.79 Å². The lowest BCUT2D eigenvalue weighted by atomic mass is 10.2. The van der Waals surface area contributed by atoms with Gasteiger partial charge in [0.2, 0.25) is 0 Å². The molecule has 1 amide bonds. The van der Waals surface area contributed by atoms with Crippen molar-refractivity contribution >= 4 is 40.1 Å². The van der Waals surface area contributed by atoms with Gasteiger partial charge in [-0.2, -0.15) is 0 Å². The highest BCUT2D eigenvalue weighted by atomic mass is 35.5. The van der Waals surface area contributed by atoms with Crippen molar-refractivity contribution in [2.45, 2.75) is 6.92 Å². The minimum Gasteiger partial charge on any atom is -0.329 e. The van der Waals surface area contributed by atoms with Crippen molar-refractivity contribution in [3.63, 3.8) is 0 Å². The van der Waals surface area contributed by atoms with Crippen molar-refractivity contribution in [2.75, 3.05) is 5.32 Å². The van der Waals surface area contributed by atoms with E-state index in [2.05, 4.69) is 15.1 Å². The van der Waals surface area contributed by atoms with Gasteiger partial charge in [0.1, 0.15) is 0 Å². The van der Waals surface area contributed by atoms with Crippen LogP contribution in [-0.4, -0.2) is 21.6 Å². The van der Waals surface area contributed by atoms with Crippen LogP contribution in [0.2, 0.25) is 5.02 Å². The predicted molar refractivity (Wildman–Crippen MR) is 95.5 cm³/mol. The second-order valence-electron chi connectivity index (χ2n) is 5.31. The summed E-state index contributed by atoms with van der Waals surface area (Å²) in [5, 5.41) is 2.74. The summed E-state index contributed by atoms with van der Waals surface area (Å²) in [6.07, 6.45) is 0. The fraction of sp³-hybridized carbons (Fsp3) is 0.0588. The molecule has 0 saturated heterocycles. The molecule has 0 fully saturated rings. The molecule has 3 rings (SSSR count). The number of nitrogens with zero attached hydrogens (tertiary/aromatic N) is 1. The third-order valence-electron chi connectivity index (χ3n) is 3.45. The summed E-state index contributed by atoms with van der Waals surface area (Å²) in [6.45, 7) is 1.06. The largest absolute Gasteiger partial charge is 0.363 e. The van der Waals surface area contributed by atoms with Crippen LogP contribution >= 0.6 is 11.6 Å². The minimum atomic E-state index is -0.921. The van der Waals surface area contributed by atoms with Gasteiger partial charge in [-0.15, -0.1) is 0 Å². The SMILES string of the molecule is CC(=O)On1c(=O)[nH]c2cc(Cl)c(NC(=O)c3ccccc3)cc2c1=O. The first-order chi connectivity index (χ1) is 12.4. The average molecular weight is 374 g/mol. The Bertz CT molecular complexity index is 1130. The number of carbonyl (C=O) groups is 2. The molecule has 0 aliphatic carbocycles. The zero-order valence-electron chi connectivity index (χ0n) is 13.4. The van der Waals surface area contributed by atoms with Gasteiger partial charge >= 0.3 is 11.7 Å². The molecule has 132 valence electrons. The van der Waals surface area contributed by atoms with Gasteiger partial charge in [-0.25, -0.2) is 9.59 Å². The standard InChI is InChI=1S/C17H12ClN3O5/c1-9(22)26-21-16(24)11-7-14(12(18)8-13(11)20-17(21)25)19-15(23)10-5-3-2-4-6-10/h2-8H,1H3,(H,19,23)(H,20,25). The Labute approximate surface area is 150 Å². The highest BCUT2D eigenvalue weighted by molar-refractivity contribution is 6.34. The summed E-state index contributed by atoms with van der Waals surface area (Å²) < 4.78 is 0.307. The maximum absolute atomic E-state index is 12.4. The molecule has 9 heteroatoms. The Kier molecular flexibility index (Phi) is 4.59. The minimum absolute atomic E-state index is 0.0126. The summed E-state index contributed by atoms with van der Waals surface area (Å²) in [6, 6.07) is 11.1.